The standard InChI is InChI=1S/C34H22N8/c1-5-25(23-13-17-35-18-14-23)38-27(7-1)29-9-3-11-31(40-29)33-21-37-22-34(42-33)32-12-4-10-30(41-32)28-8-2-6-26(39-28)24-15-19-36-20-16-24/h1-22H. The Morgan fingerprint density at radius 2 is 0.548 bits per heavy atom. The van der Waals surface area contributed by atoms with Crippen molar-refractivity contribution in [2.24, 2.45) is 0 Å². The van der Waals surface area contributed by atoms with Crippen LogP contribution in [-0.4, -0.2) is 39.9 Å². The first-order valence-electron chi connectivity index (χ1n) is 13.3. The molecular weight excluding hydrogens is 520 g/mol. The van der Waals surface area contributed by atoms with Crippen LogP contribution >= 0.6 is 0 Å². The molecule has 0 atom stereocenters. The summed E-state index contributed by atoms with van der Waals surface area (Å²) in [7, 11) is 0. The number of nitrogens with zero attached hydrogens (tertiary/aromatic N) is 8. The SMILES string of the molecule is c1cc(-c2ccncc2)nc(-c2cccc(-c3cncc(-c4cccc(-c5cccc(-c6ccncc6)n5)n4)n3)n2)c1. The smallest absolute Gasteiger partial charge is 0.108 e. The van der Waals surface area contributed by atoms with E-state index in [0.29, 0.717) is 22.8 Å². The molecular formula is C34H22N8. The highest BCUT2D eigenvalue weighted by molar-refractivity contribution is 5.68. The number of hydrogen-bond acceptors (Lipinski definition) is 8. The van der Waals surface area contributed by atoms with Crippen LogP contribution in [0.4, 0.5) is 0 Å². The van der Waals surface area contributed by atoms with Gasteiger partial charge in [0.05, 0.1) is 57.9 Å². The Morgan fingerprint density at radius 1 is 0.262 bits per heavy atom. The van der Waals surface area contributed by atoms with Gasteiger partial charge in [-0.25, -0.2) is 24.9 Å². The predicted molar refractivity (Wildman–Crippen MR) is 161 cm³/mol. The van der Waals surface area contributed by atoms with Gasteiger partial charge in [0.25, 0.3) is 0 Å². The summed E-state index contributed by atoms with van der Waals surface area (Å²) in [4.78, 5) is 36.9. The summed E-state index contributed by atoms with van der Waals surface area (Å²) in [5, 5.41) is 0. The zero-order chi connectivity index (χ0) is 28.1. The molecule has 198 valence electrons. The zero-order valence-corrected chi connectivity index (χ0v) is 22.3. The normalized spacial score (nSPS) is 10.9. The van der Waals surface area contributed by atoms with Gasteiger partial charge in [0, 0.05) is 35.9 Å². The summed E-state index contributed by atoms with van der Waals surface area (Å²) >= 11 is 0. The number of hydrogen-bond donors (Lipinski definition) is 0. The van der Waals surface area contributed by atoms with Gasteiger partial charge in [-0.2, -0.15) is 0 Å². The van der Waals surface area contributed by atoms with Crippen molar-refractivity contribution in [1.82, 2.24) is 39.9 Å². The Morgan fingerprint density at radius 3 is 0.929 bits per heavy atom. The molecule has 8 heteroatoms. The Hall–Kier alpha value is -6.02. The minimum absolute atomic E-state index is 0.643. The molecule has 0 amide bonds. The Balaban J connectivity index is 1.19. The molecule has 0 aliphatic carbocycles. The molecule has 0 aliphatic heterocycles. The van der Waals surface area contributed by atoms with Crippen molar-refractivity contribution in [3.8, 4) is 68.1 Å². The average molecular weight is 543 g/mol. The molecule has 0 N–H and O–H groups in total. The van der Waals surface area contributed by atoms with Crippen molar-refractivity contribution in [1.29, 1.82) is 0 Å². The Kier molecular flexibility index (Phi) is 6.68. The molecule has 8 nitrogen and oxygen atoms in total. The first-order valence-corrected chi connectivity index (χ1v) is 13.3. The van der Waals surface area contributed by atoms with E-state index in [2.05, 4.69) is 15.0 Å². The lowest BCUT2D eigenvalue weighted by molar-refractivity contribution is 1.15. The van der Waals surface area contributed by atoms with Gasteiger partial charge in [0.1, 0.15) is 11.4 Å². The summed E-state index contributed by atoms with van der Waals surface area (Å²) in [6, 6.07) is 31.2. The average Bonchev–Trinajstić information content (AvgIpc) is 3.09. The minimum Gasteiger partial charge on any atom is -0.265 e. The van der Waals surface area contributed by atoms with Crippen molar-refractivity contribution >= 4 is 0 Å². The molecule has 0 aliphatic rings. The predicted octanol–water partition coefficient (Wildman–Crippen LogP) is 6.85. The molecule has 7 aromatic rings. The Bertz CT molecular complexity index is 1850. The van der Waals surface area contributed by atoms with Crippen LogP contribution in [0, 0.1) is 0 Å². The van der Waals surface area contributed by atoms with Gasteiger partial charge in [0.2, 0.25) is 0 Å². The lowest BCUT2D eigenvalue weighted by atomic mass is 10.1. The highest BCUT2D eigenvalue weighted by Crippen LogP contribution is 2.26. The second kappa shape index (κ2) is 11.2. The number of rotatable bonds is 6. The summed E-state index contributed by atoms with van der Waals surface area (Å²) in [6.07, 6.45) is 10.5. The van der Waals surface area contributed by atoms with E-state index < -0.39 is 0 Å². The monoisotopic (exact) mass is 542 g/mol. The summed E-state index contributed by atoms with van der Waals surface area (Å²) < 4.78 is 0. The van der Waals surface area contributed by atoms with E-state index in [0.717, 1.165) is 45.3 Å². The lowest BCUT2D eigenvalue weighted by Gasteiger charge is -2.08. The molecule has 7 heterocycles. The molecule has 7 rings (SSSR count). The van der Waals surface area contributed by atoms with Crippen LogP contribution in [0.2, 0.25) is 0 Å². The quantitative estimate of drug-likeness (QED) is 0.225. The van der Waals surface area contributed by atoms with Crippen LogP contribution in [0.1, 0.15) is 0 Å². The van der Waals surface area contributed by atoms with Gasteiger partial charge >= 0.3 is 0 Å². The van der Waals surface area contributed by atoms with Crippen LogP contribution in [0.15, 0.2) is 134 Å². The van der Waals surface area contributed by atoms with Gasteiger partial charge in [0.15, 0.2) is 0 Å². The first kappa shape index (κ1) is 25.0. The fourth-order valence-corrected chi connectivity index (χ4v) is 4.57. The van der Waals surface area contributed by atoms with E-state index in [9.17, 15) is 0 Å². The van der Waals surface area contributed by atoms with Gasteiger partial charge in [-0.1, -0.05) is 24.3 Å². The molecule has 0 aromatic carbocycles. The molecule has 0 radical (unpaired) electrons. The van der Waals surface area contributed by atoms with Crippen LogP contribution in [-0.2, 0) is 0 Å². The van der Waals surface area contributed by atoms with Crippen LogP contribution in [0.25, 0.3) is 68.1 Å². The van der Waals surface area contributed by atoms with Gasteiger partial charge in [-0.15, -0.1) is 0 Å². The van der Waals surface area contributed by atoms with E-state index >= 15 is 0 Å². The Labute approximate surface area is 242 Å². The first-order chi connectivity index (χ1) is 20.8. The third-order valence-corrected chi connectivity index (χ3v) is 6.63. The van der Waals surface area contributed by atoms with Crippen molar-refractivity contribution in [2.45, 2.75) is 0 Å². The molecule has 42 heavy (non-hydrogen) atoms. The van der Waals surface area contributed by atoms with E-state index in [1.807, 2.05) is 97.1 Å². The second-order valence-electron chi connectivity index (χ2n) is 9.39. The maximum Gasteiger partial charge on any atom is 0.108 e. The molecule has 0 spiro atoms. The second-order valence-corrected chi connectivity index (χ2v) is 9.39. The largest absolute Gasteiger partial charge is 0.265 e. The minimum atomic E-state index is 0.643. The maximum atomic E-state index is 4.87. The molecule has 7 aromatic heterocycles. The molecule has 0 saturated carbocycles. The van der Waals surface area contributed by atoms with Gasteiger partial charge < -0.3 is 0 Å². The maximum absolute atomic E-state index is 4.87. The van der Waals surface area contributed by atoms with E-state index in [1.165, 1.54) is 0 Å². The number of aromatic nitrogens is 8. The molecule has 0 fully saturated rings. The zero-order valence-electron chi connectivity index (χ0n) is 22.3. The lowest BCUT2D eigenvalue weighted by Crippen LogP contribution is -1.97. The fraction of sp³-hybridized carbons (Fsp3) is 0. The van der Waals surface area contributed by atoms with E-state index in [1.54, 1.807) is 37.2 Å². The van der Waals surface area contributed by atoms with E-state index in [-0.39, 0.29) is 0 Å². The summed E-state index contributed by atoms with van der Waals surface area (Å²) in [5.74, 6) is 0. The van der Waals surface area contributed by atoms with Crippen LogP contribution in [0.5, 0.6) is 0 Å². The fourth-order valence-electron chi connectivity index (χ4n) is 4.57. The molecule has 0 saturated heterocycles. The summed E-state index contributed by atoms with van der Waals surface area (Å²) in [6.45, 7) is 0. The van der Waals surface area contributed by atoms with Crippen LogP contribution < -0.4 is 0 Å². The van der Waals surface area contributed by atoms with Crippen molar-refractivity contribution < 1.29 is 0 Å². The third-order valence-electron chi connectivity index (χ3n) is 6.63. The van der Waals surface area contributed by atoms with Crippen molar-refractivity contribution in [3.05, 3.63) is 134 Å². The van der Waals surface area contributed by atoms with Crippen molar-refractivity contribution in [2.75, 3.05) is 0 Å². The van der Waals surface area contributed by atoms with E-state index in [4.69, 9.17) is 24.9 Å². The summed E-state index contributed by atoms with van der Waals surface area (Å²) in [5.41, 5.74) is 9.41. The van der Waals surface area contributed by atoms with Gasteiger partial charge in [-0.05, 0) is 72.8 Å². The van der Waals surface area contributed by atoms with Gasteiger partial charge in [-0.3, -0.25) is 15.0 Å². The topological polar surface area (TPSA) is 103 Å². The number of pyridine rings is 6. The van der Waals surface area contributed by atoms with Crippen molar-refractivity contribution in [3.63, 3.8) is 0 Å². The van der Waals surface area contributed by atoms with Crippen LogP contribution in [0.3, 0.4) is 0 Å². The molecule has 0 bridgehead atoms. The highest BCUT2D eigenvalue weighted by atomic mass is 14.9. The highest BCUT2D eigenvalue weighted by Gasteiger charge is 2.12. The third kappa shape index (κ3) is 5.24. The molecule has 0 unspecified atom stereocenters.